The SMILES string of the molecule is O=C(c1ccc2c(c1)OCO2)N1CCC(n2c(C3CCC3)nc3cccnc32)CC1. The molecule has 1 aliphatic carbocycles. The molecule has 2 fully saturated rings. The molecule has 7 heteroatoms. The standard InChI is InChI=1S/C23H24N4O3/c28-23(16-6-7-19-20(13-16)30-14-29-19)26-11-8-17(9-12-26)27-21(15-3-1-4-15)25-18-5-2-10-24-22(18)27/h2,5-7,10,13,15,17H,1,3-4,8-9,11-12,14H2. The predicted molar refractivity (Wildman–Crippen MR) is 111 cm³/mol. The molecule has 30 heavy (non-hydrogen) atoms. The van der Waals surface area contributed by atoms with Gasteiger partial charge in [-0.05, 0) is 56.0 Å². The number of fused-ring (bicyclic) bond motifs is 2. The molecule has 7 nitrogen and oxygen atoms in total. The van der Waals surface area contributed by atoms with E-state index in [0.29, 0.717) is 29.0 Å². The van der Waals surface area contributed by atoms with E-state index in [2.05, 4.69) is 15.6 Å². The first kappa shape index (κ1) is 17.7. The van der Waals surface area contributed by atoms with Crippen LogP contribution in [0.5, 0.6) is 11.5 Å². The number of amides is 1. The van der Waals surface area contributed by atoms with Crippen LogP contribution in [-0.2, 0) is 0 Å². The number of pyridine rings is 1. The highest BCUT2D eigenvalue weighted by molar-refractivity contribution is 5.95. The molecule has 0 radical (unpaired) electrons. The molecule has 0 atom stereocenters. The molecular formula is C23H24N4O3. The summed E-state index contributed by atoms with van der Waals surface area (Å²) in [6.45, 7) is 1.68. The van der Waals surface area contributed by atoms with E-state index >= 15 is 0 Å². The Bertz CT molecular complexity index is 1110. The van der Waals surface area contributed by atoms with Crippen LogP contribution in [0, 0.1) is 0 Å². The van der Waals surface area contributed by atoms with E-state index < -0.39 is 0 Å². The van der Waals surface area contributed by atoms with Crippen LogP contribution in [-0.4, -0.2) is 45.2 Å². The van der Waals surface area contributed by atoms with Gasteiger partial charge in [-0.2, -0.15) is 0 Å². The Morgan fingerprint density at radius 2 is 1.87 bits per heavy atom. The molecule has 3 aromatic rings. The molecule has 2 aromatic heterocycles. The molecule has 1 saturated carbocycles. The summed E-state index contributed by atoms with van der Waals surface area (Å²) in [5.41, 5.74) is 2.63. The fraction of sp³-hybridized carbons (Fsp3) is 0.435. The Morgan fingerprint density at radius 1 is 1.03 bits per heavy atom. The molecule has 0 N–H and O–H groups in total. The summed E-state index contributed by atoms with van der Waals surface area (Å²) in [6, 6.07) is 9.77. The highest BCUT2D eigenvalue weighted by Gasteiger charge is 2.32. The lowest BCUT2D eigenvalue weighted by Gasteiger charge is -2.35. The number of benzene rings is 1. The first-order valence-electron chi connectivity index (χ1n) is 10.8. The molecule has 0 spiro atoms. The van der Waals surface area contributed by atoms with Gasteiger partial charge in [0.15, 0.2) is 17.1 Å². The molecule has 0 bridgehead atoms. The van der Waals surface area contributed by atoms with E-state index in [4.69, 9.17) is 14.5 Å². The predicted octanol–water partition coefficient (Wildman–Crippen LogP) is 3.90. The minimum Gasteiger partial charge on any atom is -0.454 e. The van der Waals surface area contributed by atoms with Crippen LogP contribution in [0.25, 0.3) is 11.2 Å². The third-order valence-corrected chi connectivity index (χ3v) is 6.68. The monoisotopic (exact) mass is 404 g/mol. The van der Waals surface area contributed by atoms with Crippen molar-refractivity contribution in [2.45, 2.75) is 44.1 Å². The number of carbonyl (C=O) groups excluding carboxylic acids is 1. The van der Waals surface area contributed by atoms with Crippen LogP contribution >= 0.6 is 0 Å². The van der Waals surface area contributed by atoms with E-state index in [-0.39, 0.29) is 12.7 Å². The minimum atomic E-state index is 0.0552. The van der Waals surface area contributed by atoms with Gasteiger partial charge in [-0.25, -0.2) is 9.97 Å². The van der Waals surface area contributed by atoms with Crippen molar-refractivity contribution in [1.82, 2.24) is 19.4 Å². The van der Waals surface area contributed by atoms with Crippen molar-refractivity contribution in [3.8, 4) is 11.5 Å². The number of ether oxygens (including phenoxy) is 2. The van der Waals surface area contributed by atoms with Crippen LogP contribution in [0.4, 0.5) is 0 Å². The average molecular weight is 404 g/mol. The van der Waals surface area contributed by atoms with Crippen molar-refractivity contribution in [1.29, 1.82) is 0 Å². The number of imidazole rings is 1. The Labute approximate surface area is 174 Å². The van der Waals surface area contributed by atoms with E-state index in [1.165, 1.54) is 25.1 Å². The maximum absolute atomic E-state index is 13.0. The van der Waals surface area contributed by atoms with Crippen LogP contribution < -0.4 is 9.47 Å². The van der Waals surface area contributed by atoms with Gasteiger partial charge in [0.25, 0.3) is 5.91 Å². The molecule has 1 saturated heterocycles. The van der Waals surface area contributed by atoms with Gasteiger partial charge in [0.2, 0.25) is 6.79 Å². The molecule has 2 aliphatic heterocycles. The molecule has 154 valence electrons. The molecule has 0 unspecified atom stereocenters. The van der Waals surface area contributed by atoms with Crippen molar-refractivity contribution in [2.75, 3.05) is 19.9 Å². The molecular weight excluding hydrogens is 380 g/mol. The fourth-order valence-corrected chi connectivity index (χ4v) is 4.80. The average Bonchev–Trinajstić information content (AvgIpc) is 3.36. The molecule has 1 amide bonds. The third-order valence-electron chi connectivity index (χ3n) is 6.68. The van der Waals surface area contributed by atoms with Gasteiger partial charge < -0.3 is 18.9 Å². The summed E-state index contributed by atoms with van der Waals surface area (Å²) >= 11 is 0. The number of hydrogen-bond acceptors (Lipinski definition) is 5. The topological polar surface area (TPSA) is 69.5 Å². The van der Waals surface area contributed by atoms with Gasteiger partial charge in [-0.1, -0.05) is 6.42 Å². The molecule has 4 heterocycles. The lowest BCUT2D eigenvalue weighted by atomic mass is 9.84. The van der Waals surface area contributed by atoms with Crippen LogP contribution in [0.3, 0.4) is 0 Å². The lowest BCUT2D eigenvalue weighted by Crippen LogP contribution is -2.39. The Balaban J connectivity index is 1.22. The highest BCUT2D eigenvalue weighted by Crippen LogP contribution is 2.40. The summed E-state index contributed by atoms with van der Waals surface area (Å²) < 4.78 is 13.2. The Kier molecular flexibility index (Phi) is 4.14. The van der Waals surface area contributed by atoms with Gasteiger partial charge in [0.05, 0.1) is 0 Å². The van der Waals surface area contributed by atoms with Gasteiger partial charge in [0, 0.05) is 36.8 Å². The summed E-state index contributed by atoms with van der Waals surface area (Å²) in [7, 11) is 0. The number of hydrogen-bond donors (Lipinski definition) is 0. The van der Waals surface area contributed by atoms with E-state index in [9.17, 15) is 4.79 Å². The number of rotatable bonds is 3. The Morgan fingerprint density at radius 3 is 2.67 bits per heavy atom. The number of aromatic nitrogens is 3. The summed E-state index contributed by atoms with van der Waals surface area (Å²) in [6.07, 6.45) is 7.39. The minimum absolute atomic E-state index is 0.0552. The van der Waals surface area contributed by atoms with Crippen molar-refractivity contribution in [3.63, 3.8) is 0 Å². The highest BCUT2D eigenvalue weighted by atomic mass is 16.7. The zero-order chi connectivity index (χ0) is 20.1. The third kappa shape index (κ3) is 2.83. The number of piperidine rings is 1. The summed E-state index contributed by atoms with van der Waals surface area (Å²) in [5, 5.41) is 0. The maximum atomic E-state index is 13.0. The largest absolute Gasteiger partial charge is 0.454 e. The van der Waals surface area contributed by atoms with Gasteiger partial charge >= 0.3 is 0 Å². The maximum Gasteiger partial charge on any atom is 0.253 e. The number of likely N-dealkylation sites (tertiary alicyclic amines) is 1. The number of carbonyl (C=O) groups is 1. The van der Waals surface area contributed by atoms with E-state index in [1.807, 2.05) is 29.3 Å². The van der Waals surface area contributed by atoms with Gasteiger partial charge in [0.1, 0.15) is 11.3 Å². The first-order chi connectivity index (χ1) is 14.8. The van der Waals surface area contributed by atoms with E-state index in [0.717, 1.165) is 37.1 Å². The summed E-state index contributed by atoms with van der Waals surface area (Å²) in [4.78, 5) is 24.6. The van der Waals surface area contributed by atoms with Crippen molar-refractivity contribution < 1.29 is 14.3 Å². The normalized spacial score (nSPS) is 19.3. The quantitative estimate of drug-likeness (QED) is 0.662. The summed E-state index contributed by atoms with van der Waals surface area (Å²) in [5.74, 6) is 3.15. The second-order valence-electron chi connectivity index (χ2n) is 8.41. The van der Waals surface area contributed by atoms with Crippen molar-refractivity contribution in [2.24, 2.45) is 0 Å². The first-order valence-corrected chi connectivity index (χ1v) is 10.8. The fourth-order valence-electron chi connectivity index (χ4n) is 4.80. The van der Waals surface area contributed by atoms with E-state index in [1.54, 1.807) is 6.07 Å². The molecule has 6 rings (SSSR count). The van der Waals surface area contributed by atoms with Gasteiger partial charge in [-0.3, -0.25) is 4.79 Å². The van der Waals surface area contributed by atoms with Crippen molar-refractivity contribution in [3.05, 3.63) is 47.9 Å². The lowest BCUT2D eigenvalue weighted by molar-refractivity contribution is 0.0693. The molecule has 3 aliphatic rings. The second-order valence-corrected chi connectivity index (χ2v) is 8.41. The van der Waals surface area contributed by atoms with Gasteiger partial charge in [-0.15, -0.1) is 0 Å². The van der Waals surface area contributed by atoms with Crippen molar-refractivity contribution >= 4 is 17.1 Å². The van der Waals surface area contributed by atoms with Crippen LogP contribution in [0.2, 0.25) is 0 Å². The zero-order valence-electron chi connectivity index (χ0n) is 16.8. The zero-order valence-corrected chi connectivity index (χ0v) is 16.8. The Hall–Kier alpha value is -3.09. The second kappa shape index (κ2) is 7.00. The smallest absolute Gasteiger partial charge is 0.253 e. The molecule has 1 aromatic carbocycles. The number of nitrogens with zero attached hydrogens (tertiary/aromatic N) is 4. The van der Waals surface area contributed by atoms with Crippen LogP contribution in [0.15, 0.2) is 36.5 Å². The van der Waals surface area contributed by atoms with Crippen LogP contribution in [0.1, 0.15) is 60.2 Å².